The molecule has 0 bridgehead atoms. The van der Waals surface area contributed by atoms with E-state index < -0.39 is 6.10 Å². The number of aliphatic hydroxyl groups excluding tert-OH is 1. The largest absolute Gasteiger partial charge is 0.490 e. The van der Waals surface area contributed by atoms with Crippen LogP contribution in [0.4, 0.5) is 0 Å². The fraction of sp³-hybridized carbons (Fsp3) is 0.375. The maximum Gasteiger partial charge on any atom is 0.127 e. The van der Waals surface area contributed by atoms with Crippen LogP contribution >= 0.6 is 12.4 Å². The average molecular weight is 298 g/mol. The summed E-state index contributed by atoms with van der Waals surface area (Å²) >= 11 is 0. The quantitative estimate of drug-likeness (QED) is 0.861. The molecule has 0 saturated carbocycles. The Balaban J connectivity index is 0.00000220. The van der Waals surface area contributed by atoms with Gasteiger partial charge in [-0.3, -0.25) is 0 Å². The van der Waals surface area contributed by atoms with Crippen molar-refractivity contribution < 1.29 is 11.2 Å². The van der Waals surface area contributed by atoms with Crippen molar-refractivity contribution in [3.63, 3.8) is 0 Å². The Hall–Kier alpha value is -1.29. The molecule has 0 aliphatic rings. The van der Waals surface area contributed by atoms with Crippen LogP contribution in [-0.4, -0.2) is 30.4 Å². The van der Waals surface area contributed by atoms with Gasteiger partial charge >= 0.3 is 0 Å². The minimum Gasteiger partial charge on any atom is -0.490 e. The molecule has 0 aromatic heterocycles. The lowest BCUT2D eigenvalue weighted by molar-refractivity contribution is 0.105. The van der Waals surface area contributed by atoms with E-state index in [2.05, 4.69) is 5.32 Å². The minimum absolute atomic E-state index is 0. The van der Waals surface area contributed by atoms with Crippen LogP contribution in [0.2, 0.25) is 0 Å². The zero-order chi connectivity index (χ0) is 14.5. The molecule has 1 atom stereocenters. The van der Waals surface area contributed by atoms with Gasteiger partial charge in [-0.15, -0.1) is 12.4 Å². The maximum absolute atomic E-state index is 9.86. The third-order valence-corrected chi connectivity index (χ3v) is 2.86. The molecule has 0 aliphatic heterocycles. The van der Waals surface area contributed by atoms with E-state index in [1.165, 1.54) is 0 Å². The van der Waals surface area contributed by atoms with Crippen LogP contribution in [0.5, 0.6) is 5.75 Å². The minimum atomic E-state index is -0.549. The smallest absolute Gasteiger partial charge is 0.127 e. The van der Waals surface area contributed by atoms with Crippen molar-refractivity contribution in [2.24, 2.45) is 0 Å². The van der Waals surface area contributed by atoms with Crippen molar-refractivity contribution in [1.82, 2.24) is 5.32 Å². The lowest BCUT2D eigenvalue weighted by Crippen LogP contribution is -2.35. The summed E-state index contributed by atoms with van der Waals surface area (Å²) in [4.78, 5) is 0. The number of ether oxygens (including phenoxy) is 1. The standard InChI is InChI=1S/C16H21NO2.ClH/c1-12(2)17-10-14(18)11-19-16-9-5-7-13-6-3-4-8-15(13)16;/h3-9,12,14,17-18H,10-11H2,1-2H3;1H/i7T;. The van der Waals surface area contributed by atoms with Gasteiger partial charge in [-0.05, 0) is 11.5 Å². The van der Waals surface area contributed by atoms with Gasteiger partial charge in [0.2, 0.25) is 0 Å². The second-order valence-electron chi connectivity index (χ2n) is 4.92. The first-order valence-electron chi connectivity index (χ1n) is 7.10. The van der Waals surface area contributed by atoms with E-state index in [-0.39, 0.29) is 19.0 Å². The number of halogens is 1. The van der Waals surface area contributed by atoms with Crippen molar-refractivity contribution in [2.75, 3.05) is 13.2 Å². The molecule has 0 radical (unpaired) electrons. The molecule has 20 heavy (non-hydrogen) atoms. The third kappa shape index (κ3) is 4.67. The molecule has 3 nitrogen and oxygen atoms in total. The Labute approximate surface area is 127 Å². The van der Waals surface area contributed by atoms with Gasteiger partial charge < -0.3 is 15.2 Å². The summed E-state index contributed by atoms with van der Waals surface area (Å²) in [7, 11) is 0. The molecule has 0 amide bonds. The third-order valence-electron chi connectivity index (χ3n) is 2.86. The first-order chi connectivity index (χ1) is 9.58. The Morgan fingerprint density at radius 2 is 2.00 bits per heavy atom. The molecule has 0 fully saturated rings. The lowest BCUT2D eigenvalue weighted by Gasteiger charge is -2.15. The van der Waals surface area contributed by atoms with Crippen molar-refractivity contribution >= 4 is 23.2 Å². The van der Waals surface area contributed by atoms with Crippen LogP contribution < -0.4 is 10.1 Å². The van der Waals surface area contributed by atoms with E-state index in [1.807, 2.05) is 38.1 Å². The number of fused-ring (bicyclic) bond motifs is 1. The number of benzene rings is 2. The predicted octanol–water partition coefficient (Wildman–Crippen LogP) is 3.00. The van der Waals surface area contributed by atoms with Crippen molar-refractivity contribution in [2.45, 2.75) is 26.0 Å². The molecule has 2 rings (SSSR count). The van der Waals surface area contributed by atoms with Gasteiger partial charge in [-0.2, -0.15) is 0 Å². The van der Waals surface area contributed by atoms with E-state index in [0.717, 1.165) is 10.8 Å². The summed E-state index contributed by atoms with van der Waals surface area (Å²) in [5.41, 5.74) is 0. The van der Waals surface area contributed by atoms with Gasteiger partial charge in [0.05, 0.1) is 1.37 Å². The van der Waals surface area contributed by atoms with Gasteiger partial charge in [0.15, 0.2) is 0 Å². The van der Waals surface area contributed by atoms with Crippen molar-refractivity contribution in [1.29, 1.82) is 0 Å². The van der Waals surface area contributed by atoms with Crippen LogP contribution in [0.25, 0.3) is 10.8 Å². The van der Waals surface area contributed by atoms with Gasteiger partial charge in [-0.25, -0.2) is 0 Å². The fourth-order valence-corrected chi connectivity index (χ4v) is 1.86. The SMILES string of the molecule is Cl.[3H]c1ccc(OCC(O)CNC(C)C)c2ccccc12. The molecule has 0 spiro atoms. The number of rotatable bonds is 6. The van der Waals surface area contributed by atoms with Crippen LogP contribution in [0.3, 0.4) is 0 Å². The topological polar surface area (TPSA) is 41.5 Å². The molecule has 1 unspecified atom stereocenters. The zero-order valence-electron chi connectivity index (χ0n) is 12.8. The summed E-state index contributed by atoms with van der Waals surface area (Å²) in [6.07, 6.45) is -0.549. The van der Waals surface area contributed by atoms with Gasteiger partial charge in [0.25, 0.3) is 0 Å². The van der Waals surface area contributed by atoms with Gasteiger partial charge in [0, 0.05) is 18.0 Å². The number of nitrogens with one attached hydrogen (secondary N) is 1. The van der Waals surface area contributed by atoms with Gasteiger partial charge in [0.1, 0.15) is 18.5 Å². The summed E-state index contributed by atoms with van der Waals surface area (Å²) in [5.74, 6) is 0.709. The molecule has 2 aromatic carbocycles. The van der Waals surface area contributed by atoms with Crippen molar-refractivity contribution in [3.05, 3.63) is 42.4 Å². The molecular weight excluding hydrogens is 274 g/mol. The summed E-state index contributed by atoms with van der Waals surface area (Å²) in [6, 6.07) is 12.0. The molecule has 110 valence electrons. The Morgan fingerprint density at radius 1 is 1.25 bits per heavy atom. The molecule has 4 heteroatoms. The zero-order valence-corrected chi connectivity index (χ0v) is 12.6. The highest BCUT2D eigenvalue weighted by Crippen LogP contribution is 2.25. The summed E-state index contributed by atoms with van der Waals surface area (Å²) in [5, 5.41) is 14.8. The highest BCUT2D eigenvalue weighted by Gasteiger charge is 2.07. The van der Waals surface area contributed by atoms with Crippen molar-refractivity contribution in [3.8, 4) is 5.75 Å². The first-order valence-corrected chi connectivity index (χ1v) is 6.60. The summed E-state index contributed by atoms with van der Waals surface area (Å²) < 4.78 is 13.6. The van der Waals surface area contributed by atoms with E-state index in [9.17, 15) is 5.11 Å². The number of hydrogen-bond acceptors (Lipinski definition) is 3. The second-order valence-corrected chi connectivity index (χ2v) is 4.92. The fourth-order valence-electron chi connectivity index (χ4n) is 1.86. The Bertz CT molecular complexity index is 577. The lowest BCUT2D eigenvalue weighted by atomic mass is 10.1. The molecule has 0 aliphatic carbocycles. The second kappa shape index (κ2) is 8.10. The van der Waals surface area contributed by atoms with E-state index in [4.69, 9.17) is 6.11 Å². The Morgan fingerprint density at radius 3 is 2.75 bits per heavy atom. The van der Waals surface area contributed by atoms with Crippen LogP contribution in [0.15, 0.2) is 42.4 Å². The predicted molar refractivity (Wildman–Crippen MR) is 85.8 cm³/mol. The number of hydrogen-bond donors (Lipinski definition) is 2. The van der Waals surface area contributed by atoms with Crippen LogP contribution in [0, 0.1) is 0 Å². The van der Waals surface area contributed by atoms with E-state index in [0.29, 0.717) is 24.4 Å². The number of aliphatic hydroxyl groups is 1. The van der Waals surface area contributed by atoms with Crippen LogP contribution in [0.1, 0.15) is 15.2 Å². The Kier molecular flexibility index (Phi) is 6.12. The molecule has 0 heterocycles. The summed E-state index contributed by atoms with van der Waals surface area (Å²) in [6.45, 7) is 4.81. The normalized spacial score (nSPS) is 12.9. The molecule has 2 N–H and O–H groups in total. The van der Waals surface area contributed by atoms with Gasteiger partial charge in [-0.1, -0.05) is 50.2 Å². The monoisotopic (exact) mass is 297 g/mol. The van der Waals surface area contributed by atoms with Crippen LogP contribution in [-0.2, 0) is 0 Å². The average Bonchev–Trinajstić information content (AvgIpc) is 2.45. The van der Waals surface area contributed by atoms with E-state index >= 15 is 0 Å². The molecule has 2 aromatic rings. The molecule has 0 saturated heterocycles. The molecular formula is C16H22ClNO2. The first kappa shape index (κ1) is 15.1. The maximum atomic E-state index is 9.86. The highest BCUT2D eigenvalue weighted by molar-refractivity contribution is 5.88. The van der Waals surface area contributed by atoms with E-state index in [1.54, 1.807) is 12.1 Å². The highest BCUT2D eigenvalue weighted by atomic mass is 35.5.